The third-order valence-corrected chi connectivity index (χ3v) is 4.69. The Morgan fingerprint density at radius 2 is 1.62 bits per heavy atom. The van der Waals surface area contributed by atoms with Gasteiger partial charge in [0.15, 0.2) is 11.6 Å². The van der Waals surface area contributed by atoms with Crippen molar-refractivity contribution in [1.82, 2.24) is 4.98 Å². The third-order valence-electron chi connectivity index (χ3n) is 4.69. The zero-order valence-electron chi connectivity index (χ0n) is 15.8. The lowest BCUT2D eigenvalue weighted by Gasteiger charge is -2.33. The molecule has 0 spiro atoms. The van der Waals surface area contributed by atoms with E-state index in [0.717, 1.165) is 5.56 Å². The molecule has 1 unspecified atom stereocenters. The Morgan fingerprint density at radius 3 is 2.04 bits per heavy atom. The van der Waals surface area contributed by atoms with Gasteiger partial charge in [-0.2, -0.15) is 0 Å². The van der Waals surface area contributed by atoms with E-state index in [1.807, 2.05) is 6.92 Å². The summed E-state index contributed by atoms with van der Waals surface area (Å²) in [6.07, 6.45) is 0. The van der Waals surface area contributed by atoms with Crippen LogP contribution in [0.2, 0.25) is 0 Å². The first-order valence-corrected chi connectivity index (χ1v) is 8.55. The van der Waals surface area contributed by atoms with Gasteiger partial charge >= 0.3 is 0 Å². The van der Waals surface area contributed by atoms with Gasteiger partial charge in [-0.1, -0.05) is 43.7 Å². The summed E-state index contributed by atoms with van der Waals surface area (Å²) < 4.78 is 30.3. The first-order chi connectivity index (χ1) is 11.9. The summed E-state index contributed by atoms with van der Waals surface area (Å²) in [4.78, 5) is 4.12. The molecule has 0 aliphatic carbocycles. The van der Waals surface area contributed by atoms with Crippen molar-refractivity contribution in [3.8, 4) is 11.3 Å². The van der Waals surface area contributed by atoms with Gasteiger partial charge in [0.1, 0.15) is 17.0 Å². The zero-order chi connectivity index (χ0) is 19.9. The van der Waals surface area contributed by atoms with Gasteiger partial charge in [0.2, 0.25) is 0 Å². The summed E-state index contributed by atoms with van der Waals surface area (Å²) in [7, 11) is 0. The van der Waals surface area contributed by atoms with E-state index in [2.05, 4.69) is 4.98 Å². The van der Waals surface area contributed by atoms with Crippen molar-refractivity contribution in [2.24, 2.45) is 11.7 Å². The summed E-state index contributed by atoms with van der Waals surface area (Å²) in [5.41, 5.74) is 2.46. The van der Waals surface area contributed by atoms with E-state index >= 15 is 8.78 Å². The molecule has 0 radical (unpaired) electrons. The Kier molecular flexibility index (Phi) is 5.52. The number of nitrogens with zero attached hydrogens (tertiary/aromatic N) is 1. The fourth-order valence-corrected chi connectivity index (χ4v) is 2.88. The summed E-state index contributed by atoms with van der Waals surface area (Å²) in [6, 6.07) is 6.88. The Bertz CT molecular complexity index is 799. The standard InChI is InChI=1S/C20H26F2N2O2/c1-11(2)20(26,10-23)18-16(22)14(19(4,5)25)15(21)17(24-18)13-8-6-12(3)7-9-13/h6-9,11,25-26H,10,23H2,1-5H3. The molecule has 0 saturated carbocycles. The molecule has 142 valence electrons. The average Bonchev–Trinajstić information content (AvgIpc) is 2.54. The molecule has 0 saturated heterocycles. The SMILES string of the molecule is Cc1ccc(-c2nc(C(O)(CN)C(C)C)c(F)c(C(C)(C)O)c2F)cc1. The van der Waals surface area contributed by atoms with Gasteiger partial charge in [-0.15, -0.1) is 0 Å². The number of aromatic nitrogens is 1. The van der Waals surface area contributed by atoms with Crippen LogP contribution in [0, 0.1) is 24.5 Å². The van der Waals surface area contributed by atoms with Crippen LogP contribution in [0.4, 0.5) is 8.78 Å². The van der Waals surface area contributed by atoms with Crippen LogP contribution >= 0.6 is 0 Å². The van der Waals surface area contributed by atoms with Crippen molar-refractivity contribution in [2.45, 2.75) is 45.8 Å². The number of halogens is 2. The molecule has 1 aromatic carbocycles. The van der Waals surface area contributed by atoms with Crippen molar-refractivity contribution in [1.29, 1.82) is 0 Å². The normalized spacial score (nSPS) is 14.6. The summed E-state index contributed by atoms with van der Waals surface area (Å²) in [5.74, 6) is -2.50. The van der Waals surface area contributed by atoms with Crippen LogP contribution in [0.25, 0.3) is 11.3 Å². The maximum absolute atomic E-state index is 15.2. The van der Waals surface area contributed by atoms with Crippen molar-refractivity contribution in [2.75, 3.05) is 6.54 Å². The summed E-state index contributed by atoms with van der Waals surface area (Å²) in [5, 5.41) is 21.3. The molecular weight excluding hydrogens is 338 g/mol. The second-order valence-electron chi connectivity index (χ2n) is 7.52. The van der Waals surface area contributed by atoms with Gasteiger partial charge in [-0.05, 0) is 26.7 Å². The van der Waals surface area contributed by atoms with Gasteiger partial charge < -0.3 is 15.9 Å². The van der Waals surface area contributed by atoms with E-state index in [9.17, 15) is 10.2 Å². The molecule has 1 aromatic heterocycles. The molecule has 0 bridgehead atoms. The monoisotopic (exact) mass is 364 g/mol. The minimum absolute atomic E-state index is 0.133. The molecule has 0 fully saturated rings. The zero-order valence-corrected chi connectivity index (χ0v) is 15.8. The number of benzene rings is 1. The van der Waals surface area contributed by atoms with Gasteiger partial charge in [0, 0.05) is 12.1 Å². The highest BCUT2D eigenvalue weighted by atomic mass is 19.1. The van der Waals surface area contributed by atoms with Gasteiger partial charge in [0.05, 0.1) is 11.2 Å². The molecule has 2 rings (SSSR count). The van der Waals surface area contributed by atoms with E-state index in [-0.39, 0.29) is 17.9 Å². The Morgan fingerprint density at radius 1 is 1.08 bits per heavy atom. The van der Waals surface area contributed by atoms with E-state index in [1.165, 1.54) is 13.8 Å². The molecule has 6 heteroatoms. The maximum atomic E-state index is 15.2. The third kappa shape index (κ3) is 3.49. The quantitative estimate of drug-likeness (QED) is 0.760. The Labute approximate surface area is 152 Å². The number of rotatable bonds is 5. The lowest BCUT2D eigenvalue weighted by molar-refractivity contribution is -0.0101. The molecule has 0 amide bonds. The van der Waals surface area contributed by atoms with Crippen LogP contribution in [0.5, 0.6) is 0 Å². The van der Waals surface area contributed by atoms with Crippen LogP contribution in [-0.2, 0) is 11.2 Å². The van der Waals surface area contributed by atoms with Crippen LogP contribution in [0.15, 0.2) is 24.3 Å². The molecule has 4 N–H and O–H groups in total. The summed E-state index contributed by atoms with van der Waals surface area (Å²) >= 11 is 0. The van der Waals surface area contributed by atoms with Crippen molar-refractivity contribution >= 4 is 0 Å². The predicted molar refractivity (Wildman–Crippen MR) is 97.4 cm³/mol. The van der Waals surface area contributed by atoms with Crippen molar-refractivity contribution < 1.29 is 19.0 Å². The number of aryl methyl sites for hydroxylation is 1. The van der Waals surface area contributed by atoms with Crippen LogP contribution in [-0.4, -0.2) is 21.7 Å². The lowest BCUT2D eigenvalue weighted by atomic mass is 9.83. The maximum Gasteiger partial charge on any atom is 0.158 e. The topological polar surface area (TPSA) is 79.4 Å². The molecule has 2 aromatic rings. The number of aliphatic hydroxyl groups is 2. The number of nitrogens with two attached hydrogens (primary N) is 1. The van der Waals surface area contributed by atoms with Crippen LogP contribution in [0.1, 0.15) is 44.5 Å². The molecule has 0 aliphatic heterocycles. The molecule has 4 nitrogen and oxygen atoms in total. The highest BCUT2D eigenvalue weighted by Gasteiger charge is 2.41. The molecule has 0 aliphatic rings. The number of hydrogen-bond acceptors (Lipinski definition) is 4. The van der Waals surface area contributed by atoms with Gasteiger partial charge in [-0.3, -0.25) is 0 Å². The number of hydrogen-bond donors (Lipinski definition) is 3. The Balaban J connectivity index is 2.90. The summed E-state index contributed by atoms with van der Waals surface area (Å²) in [6.45, 7) is 7.51. The smallest absolute Gasteiger partial charge is 0.158 e. The molecular formula is C20H26F2N2O2. The Hall–Kier alpha value is -1.89. The number of pyridine rings is 1. The minimum Gasteiger partial charge on any atom is -0.386 e. The first-order valence-electron chi connectivity index (χ1n) is 8.55. The fourth-order valence-electron chi connectivity index (χ4n) is 2.88. The van der Waals surface area contributed by atoms with E-state index in [0.29, 0.717) is 5.56 Å². The van der Waals surface area contributed by atoms with Crippen LogP contribution < -0.4 is 5.73 Å². The lowest BCUT2D eigenvalue weighted by Crippen LogP contribution is -2.42. The highest BCUT2D eigenvalue weighted by molar-refractivity contribution is 5.62. The van der Waals surface area contributed by atoms with E-state index in [1.54, 1.807) is 38.1 Å². The van der Waals surface area contributed by atoms with Gasteiger partial charge in [0.25, 0.3) is 0 Å². The van der Waals surface area contributed by atoms with Crippen molar-refractivity contribution in [3.05, 3.63) is 52.7 Å². The second-order valence-corrected chi connectivity index (χ2v) is 7.52. The van der Waals surface area contributed by atoms with E-state index in [4.69, 9.17) is 5.73 Å². The van der Waals surface area contributed by atoms with Crippen LogP contribution in [0.3, 0.4) is 0 Å². The fraction of sp³-hybridized carbons (Fsp3) is 0.450. The minimum atomic E-state index is -1.81. The largest absolute Gasteiger partial charge is 0.386 e. The van der Waals surface area contributed by atoms with Crippen molar-refractivity contribution in [3.63, 3.8) is 0 Å². The molecule has 26 heavy (non-hydrogen) atoms. The highest BCUT2D eigenvalue weighted by Crippen LogP contribution is 2.38. The predicted octanol–water partition coefficient (Wildman–Crippen LogP) is 3.36. The molecule has 1 heterocycles. The van der Waals surface area contributed by atoms with E-state index < -0.39 is 34.3 Å². The first kappa shape index (κ1) is 20.4. The average molecular weight is 364 g/mol. The molecule has 1 atom stereocenters. The van der Waals surface area contributed by atoms with Gasteiger partial charge in [-0.25, -0.2) is 13.8 Å². The second kappa shape index (κ2) is 7.02.